The molecule has 0 spiro atoms. The lowest BCUT2D eigenvalue weighted by Crippen LogP contribution is -2.35. The zero-order valence-corrected chi connectivity index (χ0v) is 18.2. The molecule has 1 atom stereocenters. The Morgan fingerprint density at radius 3 is 2.55 bits per heavy atom. The average Bonchev–Trinajstić information content (AvgIpc) is 2.98. The molecule has 0 saturated heterocycles. The van der Waals surface area contributed by atoms with Gasteiger partial charge in [-0.05, 0) is 78.7 Å². The van der Waals surface area contributed by atoms with Crippen molar-refractivity contribution in [3.8, 4) is 11.4 Å². The highest BCUT2D eigenvalue weighted by atomic mass is 79.9. The summed E-state index contributed by atoms with van der Waals surface area (Å²) < 4.78 is 8.36. The molecule has 2 N–H and O–H groups in total. The minimum Gasteiger partial charge on any atom is -0.491 e. The normalized spacial score (nSPS) is 11.9. The number of nitrogens with zero attached hydrogens (tertiary/aromatic N) is 2. The third kappa shape index (κ3) is 5.25. The van der Waals surface area contributed by atoms with Gasteiger partial charge in [-0.25, -0.2) is 4.68 Å². The summed E-state index contributed by atoms with van der Waals surface area (Å²) in [6.45, 7) is 6.10. The number of carbonyl (C=O) groups excluding carboxylic acids is 1. The molecule has 7 heteroatoms. The molecule has 1 aromatic heterocycles. The van der Waals surface area contributed by atoms with Crippen molar-refractivity contribution in [2.75, 3.05) is 13.2 Å². The van der Waals surface area contributed by atoms with Crippen molar-refractivity contribution in [2.45, 2.75) is 26.9 Å². The topological polar surface area (TPSA) is 76.4 Å². The number of aromatic nitrogens is 2. The van der Waals surface area contributed by atoms with Gasteiger partial charge in [0, 0.05) is 12.1 Å². The maximum atomic E-state index is 12.3. The largest absolute Gasteiger partial charge is 0.491 e. The number of hydrogen-bond donors (Lipinski definition) is 2. The van der Waals surface area contributed by atoms with E-state index in [1.54, 1.807) is 12.1 Å². The number of amides is 1. The van der Waals surface area contributed by atoms with Crippen molar-refractivity contribution < 1.29 is 14.6 Å². The third-order valence-electron chi connectivity index (χ3n) is 4.51. The number of nitrogens with one attached hydrogen (secondary N) is 1. The molecular weight excluding hydrogens is 434 g/mol. The molecule has 0 bridgehead atoms. The van der Waals surface area contributed by atoms with E-state index in [1.807, 2.05) is 61.9 Å². The van der Waals surface area contributed by atoms with E-state index < -0.39 is 6.10 Å². The molecule has 1 unspecified atom stereocenters. The molecule has 0 fully saturated rings. The third-order valence-corrected chi connectivity index (χ3v) is 5.65. The van der Waals surface area contributed by atoms with Crippen molar-refractivity contribution in [2.24, 2.45) is 0 Å². The molecule has 1 heterocycles. The van der Waals surface area contributed by atoms with Crippen molar-refractivity contribution >= 4 is 21.8 Å². The molecule has 0 aliphatic rings. The summed E-state index contributed by atoms with van der Waals surface area (Å²) in [5.74, 6) is 0.447. The Kier molecular flexibility index (Phi) is 6.71. The molecule has 1 amide bonds. The molecule has 152 valence electrons. The van der Waals surface area contributed by atoms with Gasteiger partial charge >= 0.3 is 0 Å². The summed E-state index contributed by atoms with van der Waals surface area (Å²) in [7, 11) is 0. The van der Waals surface area contributed by atoms with Crippen LogP contribution in [0.5, 0.6) is 5.75 Å². The number of ether oxygens (including phenoxy) is 1. The summed E-state index contributed by atoms with van der Waals surface area (Å²) in [4.78, 5) is 12.3. The number of rotatable bonds is 7. The summed E-state index contributed by atoms with van der Waals surface area (Å²) in [5, 5.41) is 17.3. The number of aliphatic hydroxyl groups is 1. The molecule has 3 rings (SSSR count). The Morgan fingerprint density at radius 2 is 1.93 bits per heavy atom. The Bertz CT molecular complexity index is 999. The van der Waals surface area contributed by atoms with Gasteiger partial charge in [0.2, 0.25) is 0 Å². The zero-order valence-electron chi connectivity index (χ0n) is 16.6. The van der Waals surface area contributed by atoms with E-state index in [-0.39, 0.29) is 19.1 Å². The first-order valence-corrected chi connectivity index (χ1v) is 10.1. The summed E-state index contributed by atoms with van der Waals surface area (Å²) in [6.07, 6.45) is -0.800. The van der Waals surface area contributed by atoms with E-state index in [0.29, 0.717) is 11.3 Å². The number of carbonyl (C=O) groups is 1. The van der Waals surface area contributed by atoms with Crippen LogP contribution in [0.4, 0.5) is 0 Å². The van der Waals surface area contributed by atoms with E-state index in [9.17, 15) is 9.90 Å². The van der Waals surface area contributed by atoms with Gasteiger partial charge in [-0.3, -0.25) is 4.79 Å². The number of benzene rings is 2. The van der Waals surface area contributed by atoms with Crippen LogP contribution in [0.1, 0.15) is 27.3 Å². The van der Waals surface area contributed by atoms with Gasteiger partial charge in [0.05, 0.1) is 21.5 Å². The molecule has 0 aliphatic carbocycles. The monoisotopic (exact) mass is 457 g/mol. The molecule has 3 aromatic rings. The lowest BCUT2D eigenvalue weighted by atomic mass is 10.2. The Hall–Kier alpha value is -2.64. The van der Waals surface area contributed by atoms with E-state index in [2.05, 4.69) is 26.3 Å². The van der Waals surface area contributed by atoms with E-state index >= 15 is 0 Å². The Balaban J connectivity index is 1.53. The average molecular weight is 458 g/mol. The molecule has 2 aromatic carbocycles. The highest BCUT2D eigenvalue weighted by Crippen LogP contribution is 2.23. The number of hydrogen-bond acceptors (Lipinski definition) is 4. The lowest BCUT2D eigenvalue weighted by molar-refractivity contribution is 0.0843. The zero-order chi connectivity index (χ0) is 21.0. The first kappa shape index (κ1) is 21.1. The van der Waals surface area contributed by atoms with Crippen LogP contribution in [0, 0.1) is 20.8 Å². The maximum absolute atomic E-state index is 12.3. The number of halogens is 1. The van der Waals surface area contributed by atoms with Crippen molar-refractivity contribution in [3.63, 3.8) is 0 Å². The van der Waals surface area contributed by atoms with Gasteiger partial charge in [0.1, 0.15) is 18.5 Å². The number of aryl methyl sites for hydroxylation is 2. The summed E-state index contributed by atoms with van der Waals surface area (Å²) >= 11 is 3.52. The van der Waals surface area contributed by atoms with Crippen LogP contribution in [0.2, 0.25) is 0 Å². The SMILES string of the molecule is Cc1cccc(OCC(O)CNC(=O)c2ccc(-n3nc(C)c(Br)c3C)cc2)c1. The van der Waals surface area contributed by atoms with E-state index in [1.165, 1.54) is 0 Å². The van der Waals surface area contributed by atoms with E-state index in [4.69, 9.17) is 4.74 Å². The summed E-state index contributed by atoms with van der Waals surface area (Å²) in [6, 6.07) is 14.8. The minimum atomic E-state index is -0.800. The minimum absolute atomic E-state index is 0.107. The highest BCUT2D eigenvalue weighted by molar-refractivity contribution is 9.10. The standard InChI is InChI=1S/C22H24BrN3O3/c1-14-5-4-6-20(11-14)29-13-19(27)12-24-22(28)17-7-9-18(10-8-17)26-16(3)21(23)15(2)25-26/h4-11,19,27H,12-13H2,1-3H3,(H,24,28). The molecule has 29 heavy (non-hydrogen) atoms. The fourth-order valence-corrected chi connectivity index (χ4v) is 3.15. The number of aliphatic hydroxyl groups excluding tert-OH is 1. The predicted molar refractivity (Wildman–Crippen MR) is 116 cm³/mol. The molecule has 0 radical (unpaired) electrons. The summed E-state index contributed by atoms with van der Waals surface area (Å²) in [5.41, 5.74) is 4.38. The second-order valence-corrected chi connectivity index (χ2v) is 7.73. The van der Waals surface area contributed by atoms with E-state index in [0.717, 1.165) is 27.1 Å². The van der Waals surface area contributed by atoms with Gasteiger partial charge < -0.3 is 15.2 Å². The van der Waals surface area contributed by atoms with Gasteiger partial charge in [0.25, 0.3) is 5.91 Å². The van der Waals surface area contributed by atoms with Crippen molar-refractivity contribution in [1.29, 1.82) is 0 Å². The van der Waals surface area contributed by atoms with Crippen LogP contribution in [-0.2, 0) is 0 Å². The van der Waals surface area contributed by atoms with Crippen LogP contribution in [0.3, 0.4) is 0 Å². The molecule has 0 aliphatic heterocycles. The smallest absolute Gasteiger partial charge is 0.251 e. The fourth-order valence-electron chi connectivity index (χ4n) is 2.90. The lowest BCUT2D eigenvalue weighted by Gasteiger charge is -2.14. The molecule has 6 nitrogen and oxygen atoms in total. The second-order valence-electron chi connectivity index (χ2n) is 6.93. The Labute approximate surface area is 178 Å². The van der Waals surface area contributed by atoms with Gasteiger partial charge in [0.15, 0.2) is 0 Å². The Morgan fingerprint density at radius 1 is 1.21 bits per heavy atom. The van der Waals surface area contributed by atoms with Crippen LogP contribution in [-0.4, -0.2) is 40.0 Å². The molecule has 0 saturated carbocycles. The van der Waals surface area contributed by atoms with Gasteiger partial charge in [-0.15, -0.1) is 0 Å². The highest BCUT2D eigenvalue weighted by Gasteiger charge is 2.13. The fraction of sp³-hybridized carbons (Fsp3) is 0.273. The predicted octanol–water partition coefficient (Wildman–Crippen LogP) is 3.73. The molecular formula is C22H24BrN3O3. The van der Waals surface area contributed by atoms with Crippen LogP contribution in [0.15, 0.2) is 53.0 Å². The van der Waals surface area contributed by atoms with Gasteiger partial charge in [-0.2, -0.15) is 5.10 Å². The quantitative estimate of drug-likeness (QED) is 0.566. The van der Waals surface area contributed by atoms with Crippen LogP contribution in [0.25, 0.3) is 5.69 Å². The second kappa shape index (κ2) is 9.24. The van der Waals surface area contributed by atoms with Crippen LogP contribution >= 0.6 is 15.9 Å². The van der Waals surface area contributed by atoms with Crippen LogP contribution < -0.4 is 10.1 Å². The first-order chi connectivity index (χ1) is 13.8. The van der Waals surface area contributed by atoms with Crippen molar-refractivity contribution in [1.82, 2.24) is 15.1 Å². The van der Waals surface area contributed by atoms with Gasteiger partial charge in [-0.1, -0.05) is 12.1 Å². The van der Waals surface area contributed by atoms with Crippen molar-refractivity contribution in [3.05, 3.63) is 75.5 Å². The first-order valence-electron chi connectivity index (χ1n) is 9.33. The maximum Gasteiger partial charge on any atom is 0.251 e.